The Morgan fingerprint density at radius 3 is 2.71 bits per heavy atom. The Hall–Kier alpha value is -1.24. The maximum absolute atomic E-state index is 3.50. The van der Waals surface area contributed by atoms with Crippen molar-refractivity contribution in [3.63, 3.8) is 0 Å². The van der Waals surface area contributed by atoms with Crippen LogP contribution in [0.3, 0.4) is 0 Å². The highest BCUT2D eigenvalue weighted by atomic mass is 14.7. The summed E-state index contributed by atoms with van der Waals surface area (Å²) in [6, 6.07) is 8.70. The molecule has 1 heteroatoms. The minimum Gasteiger partial charge on any atom is -0.358 e. The van der Waals surface area contributed by atoms with Crippen molar-refractivity contribution < 1.29 is 0 Å². The maximum atomic E-state index is 3.50. The van der Waals surface area contributed by atoms with Gasteiger partial charge in [-0.2, -0.15) is 0 Å². The van der Waals surface area contributed by atoms with Crippen molar-refractivity contribution in [3.05, 3.63) is 35.5 Å². The highest BCUT2D eigenvalue weighted by Crippen LogP contribution is 2.20. The molecule has 0 saturated carbocycles. The summed E-state index contributed by atoms with van der Waals surface area (Å²) in [6.07, 6.45) is 1.13. The second-order valence-electron chi connectivity index (χ2n) is 4.43. The third-order valence-electron chi connectivity index (χ3n) is 2.55. The predicted molar refractivity (Wildman–Crippen MR) is 61.6 cm³/mol. The molecule has 2 aromatic rings. The van der Waals surface area contributed by atoms with Crippen LogP contribution in [0.15, 0.2) is 24.3 Å². The van der Waals surface area contributed by atoms with Crippen molar-refractivity contribution in [1.29, 1.82) is 0 Å². The Morgan fingerprint density at radius 2 is 2.07 bits per heavy atom. The van der Waals surface area contributed by atoms with E-state index in [1.54, 1.807) is 0 Å². The molecule has 1 nitrogen and oxygen atoms in total. The van der Waals surface area contributed by atoms with Gasteiger partial charge in [0.2, 0.25) is 0 Å². The quantitative estimate of drug-likeness (QED) is 0.738. The van der Waals surface area contributed by atoms with Crippen LogP contribution in [0.2, 0.25) is 0 Å². The number of H-pyrrole nitrogens is 1. The van der Waals surface area contributed by atoms with Crippen LogP contribution in [0.5, 0.6) is 0 Å². The Balaban J connectivity index is 2.46. The minimum atomic E-state index is 0.711. The van der Waals surface area contributed by atoms with Crippen molar-refractivity contribution in [1.82, 2.24) is 4.98 Å². The summed E-state index contributed by atoms with van der Waals surface area (Å²) in [6.45, 7) is 6.65. The molecule has 0 aliphatic heterocycles. The van der Waals surface area contributed by atoms with Gasteiger partial charge in [0.15, 0.2) is 0 Å². The van der Waals surface area contributed by atoms with Gasteiger partial charge in [0.25, 0.3) is 0 Å². The largest absolute Gasteiger partial charge is 0.358 e. The zero-order chi connectivity index (χ0) is 10.1. The number of aromatic nitrogens is 1. The maximum Gasteiger partial charge on any atom is 0.0485 e. The number of fused-ring (bicyclic) bond motifs is 1. The third-order valence-corrected chi connectivity index (χ3v) is 2.55. The van der Waals surface area contributed by atoms with E-state index in [2.05, 4.69) is 50.0 Å². The standard InChI is InChI=1S/C13H17N/c1-9(2)7-12-8-11-6-4-5-10(3)13(11)14-12/h4-6,8-9,14H,7H2,1-3H3. The first-order chi connectivity index (χ1) is 6.66. The second kappa shape index (κ2) is 3.49. The predicted octanol–water partition coefficient (Wildman–Crippen LogP) is 3.67. The molecule has 0 spiro atoms. The first-order valence-electron chi connectivity index (χ1n) is 5.24. The molecule has 0 atom stereocenters. The van der Waals surface area contributed by atoms with Crippen molar-refractivity contribution in [2.24, 2.45) is 5.92 Å². The molecule has 74 valence electrons. The van der Waals surface area contributed by atoms with E-state index in [9.17, 15) is 0 Å². The van der Waals surface area contributed by atoms with Crippen LogP contribution < -0.4 is 0 Å². The fraction of sp³-hybridized carbons (Fsp3) is 0.385. The Kier molecular flexibility index (Phi) is 2.32. The topological polar surface area (TPSA) is 15.8 Å². The molecule has 0 aliphatic carbocycles. The highest BCUT2D eigenvalue weighted by molar-refractivity contribution is 5.83. The Labute approximate surface area is 85.1 Å². The number of rotatable bonds is 2. The molecule has 0 saturated heterocycles. The molecule has 0 amide bonds. The number of hydrogen-bond donors (Lipinski definition) is 1. The summed E-state index contributed by atoms with van der Waals surface area (Å²) in [7, 11) is 0. The van der Waals surface area contributed by atoms with Gasteiger partial charge in [-0.05, 0) is 36.3 Å². The number of benzene rings is 1. The van der Waals surface area contributed by atoms with Gasteiger partial charge >= 0.3 is 0 Å². The number of aryl methyl sites for hydroxylation is 1. The SMILES string of the molecule is Cc1cccc2cc(CC(C)C)[nH]c12. The fourth-order valence-electron chi connectivity index (χ4n) is 1.92. The lowest BCUT2D eigenvalue weighted by molar-refractivity contribution is 0.638. The summed E-state index contributed by atoms with van der Waals surface area (Å²) in [5.41, 5.74) is 3.98. The smallest absolute Gasteiger partial charge is 0.0485 e. The van der Waals surface area contributed by atoms with E-state index in [1.807, 2.05) is 0 Å². The van der Waals surface area contributed by atoms with Crippen LogP contribution in [0.25, 0.3) is 10.9 Å². The highest BCUT2D eigenvalue weighted by Gasteiger charge is 2.03. The lowest BCUT2D eigenvalue weighted by Crippen LogP contribution is -1.93. The number of nitrogens with one attached hydrogen (secondary N) is 1. The Morgan fingerprint density at radius 1 is 1.29 bits per heavy atom. The van der Waals surface area contributed by atoms with Crippen LogP contribution in [-0.4, -0.2) is 4.98 Å². The molecule has 0 aliphatic rings. The van der Waals surface area contributed by atoms with E-state index in [0.717, 1.165) is 6.42 Å². The molecular weight excluding hydrogens is 170 g/mol. The molecule has 1 heterocycles. The second-order valence-corrected chi connectivity index (χ2v) is 4.43. The number of hydrogen-bond acceptors (Lipinski definition) is 0. The first kappa shape index (κ1) is 9.32. The van der Waals surface area contributed by atoms with Gasteiger partial charge < -0.3 is 4.98 Å². The van der Waals surface area contributed by atoms with E-state index >= 15 is 0 Å². The summed E-state index contributed by atoms with van der Waals surface area (Å²) in [5, 5.41) is 1.33. The zero-order valence-corrected chi connectivity index (χ0v) is 9.09. The Bertz CT molecular complexity index is 437. The third kappa shape index (κ3) is 1.67. The molecular formula is C13H17N. The van der Waals surface area contributed by atoms with E-state index in [0.29, 0.717) is 5.92 Å². The molecule has 1 N–H and O–H groups in total. The normalized spacial score (nSPS) is 11.4. The lowest BCUT2D eigenvalue weighted by Gasteiger charge is -2.00. The van der Waals surface area contributed by atoms with Gasteiger partial charge in [0.05, 0.1) is 0 Å². The first-order valence-corrected chi connectivity index (χ1v) is 5.24. The van der Waals surface area contributed by atoms with Gasteiger partial charge in [0.1, 0.15) is 0 Å². The summed E-state index contributed by atoms with van der Waals surface area (Å²) < 4.78 is 0. The van der Waals surface area contributed by atoms with E-state index in [-0.39, 0.29) is 0 Å². The fourth-order valence-corrected chi connectivity index (χ4v) is 1.92. The average molecular weight is 187 g/mol. The van der Waals surface area contributed by atoms with Crippen molar-refractivity contribution in [2.75, 3.05) is 0 Å². The summed E-state index contributed by atoms with van der Waals surface area (Å²) in [4.78, 5) is 3.50. The lowest BCUT2D eigenvalue weighted by atomic mass is 10.1. The van der Waals surface area contributed by atoms with Crippen LogP contribution >= 0.6 is 0 Å². The van der Waals surface area contributed by atoms with Gasteiger partial charge in [-0.15, -0.1) is 0 Å². The van der Waals surface area contributed by atoms with Gasteiger partial charge in [-0.25, -0.2) is 0 Å². The molecule has 0 bridgehead atoms. The number of aromatic amines is 1. The average Bonchev–Trinajstić information content (AvgIpc) is 2.47. The molecule has 0 fully saturated rings. The molecule has 1 aromatic carbocycles. The van der Waals surface area contributed by atoms with Crippen LogP contribution in [0.4, 0.5) is 0 Å². The monoisotopic (exact) mass is 187 g/mol. The van der Waals surface area contributed by atoms with Crippen molar-refractivity contribution >= 4 is 10.9 Å². The number of para-hydroxylation sites is 1. The van der Waals surface area contributed by atoms with Crippen molar-refractivity contribution in [3.8, 4) is 0 Å². The summed E-state index contributed by atoms with van der Waals surface area (Å²) >= 11 is 0. The summed E-state index contributed by atoms with van der Waals surface area (Å²) in [5.74, 6) is 0.711. The molecule has 0 unspecified atom stereocenters. The van der Waals surface area contributed by atoms with Crippen LogP contribution in [-0.2, 0) is 6.42 Å². The van der Waals surface area contributed by atoms with Crippen LogP contribution in [0, 0.1) is 12.8 Å². The van der Waals surface area contributed by atoms with Crippen molar-refractivity contribution in [2.45, 2.75) is 27.2 Å². The van der Waals surface area contributed by atoms with Crippen LogP contribution in [0.1, 0.15) is 25.1 Å². The molecule has 1 aromatic heterocycles. The van der Waals surface area contributed by atoms with E-state index in [4.69, 9.17) is 0 Å². The van der Waals surface area contributed by atoms with E-state index in [1.165, 1.54) is 22.2 Å². The van der Waals surface area contributed by atoms with Gasteiger partial charge in [-0.1, -0.05) is 32.0 Å². The molecule has 2 rings (SSSR count). The zero-order valence-electron chi connectivity index (χ0n) is 9.09. The van der Waals surface area contributed by atoms with E-state index < -0.39 is 0 Å². The van der Waals surface area contributed by atoms with Gasteiger partial charge in [0, 0.05) is 11.2 Å². The molecule has 0 radical (unpaired) electrons. The van der Waals surface area contributed by atoms with Gasteiger partial charge in [-0.3, -0.25) is 0 Å². The minimum absolute atomic E-state index is 0.711. The molecule has 14 heavy (non-hydrogen) atoms.